The van der Waals surface area contributed by atoms with Crippen LogP contribution in [0.1, 0.15) is 22.3 Å². The van der Waals surface area contributed by atoms with Crippen LogP contribution < -0.4 is 0 Å². The van der Waals surface area contributed by atoms with Gasteiger partial charge in [0.15, 0.2) is 11.6 Å². The van der Waals surface area contributed by atoms with Crippen LogP contribution in [0.2, 0.25) is 0 Å². The van der Waals surface area contributed by atoms with Crippen molar-refractivity contribution in [2.75, 3.05) is 0 Å². The summed E-state index contributed by atoms with van der Waals surface area (Å²) in [5, 5.41) is 7.36. The van der Waals surface area contributed by atoms with Crippen LogP contribution in [0, 0.1) is 0 Å². The zero-order valence-corrected chi connectivity index (χ0v) is 28.0. The molecule has 0 saturated heterocycles. The highest BCUT2D eigenvalue weighted by atomic mass is 15.2. The second kappa shape index (κ2) is 10.1. The van der Waals surface area contributed by atoms with Gasteiger partial charge in [0.25, 0.3) is 0 Å². The van der Waals surface area contributed by atoms with Gasteiger partial charge >= 0.3 is 0 Å². The van der Waals surface area contributed by atoms with E-state index in [0.717, 1.165) is 27.5 Å². The summed E-state index contributed by atoms with van der Waals surface area (Å²) in [5.41, 5.74) is 11.5. The Morgan fingerprint density at radius 1 is 0.365 bits per heavy atom. The van der Waals surface area contributed by atoms with Gasteiger partial charge in [0.05, 0.1) is 16.4 Å². The van der Waals surface area contributed by atoms with Crippen LogP contribution in [0.25, 0.3) is 83.2 Å². The zero-order chi connectivity index (χ0) is 34.0. The molecule has 2 aliphatic rings. The van der Waals surface area contributed by atoms with E-state index >= 15 is 0 Å². The fraction of sp³-hybridized carbons (Fsp3) is 0.0208. The third-order valence-electron chi connectivity index (χ3n) is 11.4. The fourth-order valence-corrected chi connectivity index (χ4v) is 9.37. The van der Waals surface area contributed by atoms with Crippen molar-refractivity contribution in [3.05, 3.63) is 192 Å². The Labute approximate surface area is 299 Å². The molecule has 2 heterocycles. The van der Waals surface area contributed by atoms with Gasteiger partial charge in [-0.05, 0) is 73.1 Å². The molecule has 0 aliphatic heterocycles. The van der Waals surface area contributed by atoms with E-state index in [-0.39, 0.29) is 0 Å². The molecule has 8 aromatic carbocycles. The van der Waals surface area contributed by atoms with Crippen molar-refractivity contribution in [3.63, 3.8) is 0 Å². The van der Waals surface area contributed by atoms with Gasteiger partial charge in [0.1, 0.15) is 0 Å². The summed E-state index contributed by atoms with van der Waals surface area (Å²) in [6, 6.07) is 61.2. The van der Waals surface area contributed by atoms with Crippen LogP contribution in [-0.2, 0) is 5.41 Å². The Hall–Kier alpha value is -6.91. The standard InChI is InChI=1S/C48H28N4/c1-2-13-31(14-3-1)45-49-46(33-25-24-29-12-4-5-15-32(29)28-33)51-47(50-45)52-40-23-11-22-39-43(40)44-41(52)27-26-30-16-10-21-38(42(30)44)48(39)36-19-8-6-17-34(36)35-18-7-9-20-37(35)48/h1-28H. The van der Waals surface area contributed by atoms with Crippen molar-refractivity contribution in [3.8, 4) is 39.9 Å². The minimum Gasteiger partial charge on any atom is -0.278 e. The molecule has 1 spiro atoms. The van der Waals surface area contributed by atoms with Gasteiger partial charge in [-0.15, -0.1) is 0 Å². The normalized spacial score (nSPS) is 13.5. The summed E-state index contributed by atoms with van der Waals surface area (Å²) in [4.78, 5) is 15.7. The summed E-state index contributed by atoms with van der Waals surface area (Å²) in [6.45, 7) is 0. The smallest absolute Gasteiger partial charge is 0.238 e. The molecule has 2 aliphatic carbocycles. The maximum Gasteiger partial charge on any atom is 0.238 e. The van der Waals surface area contributed by atoms with Crippen LogP contribution in [-0.4, -0.2) is 19.5 Å². The minimum absolute atomic E-state index is 0.468. The molecule has 0 N–H and O–H groups in total. The first kappa shape index (κ1) is 27.9. The highest BCUT2D eigenvalue weighted by molar-refractivity contribution is 6.26. The number of hydrogen-bond donors (Lipinski definition) is 0. The number of benzene rings is 8. The Balaban J connectivity index is 1.22. The maximum absolute atomic E-state index is 5.31. The molecule has 4 heteroatoms. The first-order chi connectivity index (χ1) is 25.8. The SMILES string of the molecule is c1ccc(-c2nc(-c3ccc4ccccc4c3)nc(-n3c4cccc5c4c4c6c(cccc6ccc43)C53c4ccccc4-c4ccccc43)n2)cc1. The summed E-state index contributed by atoms with van der Waals surface area (Å²) in [6.07, 6.45) is 0. The molecule has 0 unspecified atom stereocenters. The maximum atomic E-state index is 5.31. The van der Waals surface area contributed by atoms with Crippen molar-refractivity contribution in [2.24, 2.45) is 0 Å². The molecule has 240 valence electrons. The van der Waals surface area contributed by atoms with Gasteiger partial charge in [-0.3, -0.25) is 4.57 Å². The number of rotatable bonds is 3. The highest BCUT2D eigenvalue weighted by Gasteiger charge is 2.50. The van der Waals surface area contributed by atoms with Gasteiger partial charge < -0.3 is 0 Å². The van der Waals surface area contributed by atoms with Crippen molar-refractivity contribution in [1.82, 2.24) is 19.5 Å². The summed E-state index contributed by atoms with van der Waals surface area (Å²) in [7, 11) is 0. The molecular weight excluding hydrogens is 633 g/mol. The Kier molecular flexibility index (Phi) is 5.40. The third-order valence-corrected chi connectivity index (χ3v) is 11.4. The molecule has 0 bridgehead atoms. The highest BCUT2D eigenvalue weighted by Crippen LogP contribution is 2.61. The average Bonchev–Trinajstić information content (AvgIpc) is 3.71. The molecule has 0 amide bonds. The van der Waals surface area contributed by atoms with E-state index in [4.69, 9.17) is 15.0 Å². The third kappa shape index (κ3) is 3.48. The van der Waals surface area contributed by atoms with Crippen LogP contribution >= 0.6 is 0 Å². The molecule has 0 saturated carbocycles. The van der Waals surface area contributed by atoms with Crippen LogP contribution in [0.4, 0.5) is 0 Å². The first-order valence-electron chi connectivity index (χ1n) is 17.8. The molecule has 2 aromatic heterocycles. The molecule has 4 nitrogen and oxygen atoms in total. The first-order valence-corrected chi connectivity index (χ1v) is 17.8. The van der Waals surface area contributed by atoms with E-state index < -0.39 is 5.41 Å². The lowest BCUT2D eigenvalue weighted by molar-refractivity contribution is 0.783. The van der Waals surface area contributed by atoms with Gasteiger partial charge in [-0.25, -0.2) is 4.98 Å². The largest absolute Gasteiger partial charge is 0.278 e. The quantitative estimate of drug-likeness (QED) is 0.189. The lowest BCUT2D eigenvalue weighted by Crippen LogP contribution is -2.30. The molecule has 10 aromatic rings. The molecule has 0 atom stereocenters. The number of fused-ring (bicyclic) bond motifs is 8. The molecule has 0 fully saturated rings. The van der Waals surface area contributed by atoms with E-state index in [1.165, 1.54) is 60.3 Å². The Bertz CT molecular complexity index is 3090. The van der Waals surface area contributed by atoms with Crippen LogP contribution in [0.3, 0.4) is 0 Å². The molecule has 12 rings (SSSR count). The van der Waals surface area contributed by atoms with Crippen molar-refractivity contribution in [1.29, 1.82) is 0 Å². The van der Waals surface area contributed by atoms with Crippen LogP contribution in [0.15, 0.2) is 170 Å². The molecule has 0 radical (unpaired) electrons. The molecular formula is C48H28N4. The van der Waals surface area contributed by atoms with E-state index in [1.54, 1.807) is 0 Å². The number of hydrogen-bond acceptors (Lipinski definition) is 3. The van der Waals surface area contributed by atoms with Gasteiger partial charge in [-0.2, -0.15) is 9.97 Å². The summed E-state index contributed by atoms with van der Waals surface area (Å²) >= 11 is 0. The lowest BCUT2D eigenvalue weighted by atomic mass is 9.63. The second-order valence-electron chi connectivity index (χ2n) is 14.0. The summed E-state index contributed by atoms with van der Waals surface area (Å²) in [5.74, 6) is 1.90. The minimum atomic E-state index is -0.468. The van der Waals surface area contributed by atoms with Crippen molar-refractivity contribution < 1.29 is 0 Å². The van der Waals surface area contributed by atoms with Gasteiger partial charge in [0, 0.05) is 21.9 Å². The van der Waals surface area contributed by atoms with E-state index in [2.05, 4.69) is 156 Å². The molecule has 52 heavy (non-hydrogen) atoms. The number of nitrogens with zero attached hydrogens (tertiary/aromatic N) is 4. The van der Waals surface area contributed by atoms with Crippen LogP contribution in [0.5, 0.6) is 0 Å². The average molecular weight is 661 g/mol. The topological polar surface area (TPSA) is 43.6 Å². The summed E-state index contributed by atoms with van der Waals surface area (Å²) < 4.78 is 2.27. The van der Waals surface area contributed by atoms with E-state index in [0.29, 0.717) is 17.6 Å². The monoisotopic (exact) mass is 660 g/mol. The second-order valence-corrected chi connectivity index (χ2v) is 14.0. The van der Waals surface area contributed by atoms with Gasteiger partial charge in [-0.1, -0.05) is 152 Å². The number of aromatic nitrogens is 4. The van der Waals surface area contributed by atoms with Gasteiger partial charge in [0.2, 0.25) is 5.95 Å². The van der Waals surface area contributed by atoms with E-state index in [1.807, 2.05) is 18.2 Å². The van der Waals surface area contributed by atoms with E-state index in [9.17, 15) is 0 Å². The predicted octanol–water partition coefficient (Wildman–Crippen LogP) is 11.3. The predicted molar refractivity (Wildman–Crippen MR) is 211 cm³/mol. The Morgan fingerprint density at radius 3 is 1.73 bits per heavy atom. The Morgan fingerprint density at radius 2 is 0.942 bits per heavy atom. The lowest BCUT2D eigenvalue weighted by Gasteiger charge is -2.37. The van der Waals surface area contributed by atoms with Crippen molar-refractivity contribution >= 4 is 43.4 Å². The van der Waals surface area contributed by atoms with Crippen molar-refractivity contribution in [2.45, 2.75) is 5.41 Å². The zero-order valence-electron chi connectivity index (χ0n) is 28.0. The fourth-order valence-electron chi connectivity index (χ4n) is 9.37.